The van der Waals surface area contributed by atoms with E-state index in [1.807, 2.05) is 84.9 Å². The fourth-order valence-electron chi connectivity index (χ4n) is 2.92. The van der Waals surface area contributed by atoms with E-state index in [4.69, 9.17) is 10.5 Å². The summed E-state index contributed by atoms with van der Waals surface area (Å²) in [6, 6.07) is 25.1. The van der Waals surface area contributed by atoms with Gasteiger partial charge in [0.15, 0.2) is 0 Å². The number of nitrogens with two attached hydrogens (primary N) is 1. The van der Waals surface area contributed by atoms with Crippen LogP contribution in [-0.4, -0.2) is 11.1 Å². The van der Waals surface area contributed by atoms with Crippen LogP contribution in [0.4, 0.5) is 0 Å². The second kappa shape index (κ2) is 9.17. The Labute approximate surface area is 160 Å². The van der Waals surface area contributed by atoms with Gasteiger partial charge in [0.25, 0.3) is 0 Å². The second-order valence-corrected chi connectivity index (χ2v) is 6.60. The largest absolute Gasteiger partial charge is 0.489 e. The molecule has 3 aromatic carbocycles. The molecule has 138 valence electrons. The first-order chi connectivity index (χ1) is 13.2. The van der Waals surface area contributed by atoms with Crippen LogP contribution in [-0.2, 0) is 13.0 Å². The van der Waals surface area contributed by atoms with E-state index in [1.165, 1.54) is 0 Å². The minimum atomic E-state index is -0.680. The maximum absolute atomic E-state index is 10.4. The number of aliphatic hydroxyl groups is 1. The highest BCUT2D eigenvalue weighted by Gasteiger charge is 2.17. The molecule has 0 amide bonds. The molecule has 0 aromatic heterocycles. The third kappa shape index (κ3) is 5.30. The first-order valence-electron chi connectivity index (χ1n) is 9.07. The molecule has 0 radical (unpaired) electrons. The summed E-state index contributed by atoms with van der Waals surface area (Å²) >= 11 is 0. The van der Waals surface area contributed by atoms with Gasteiger partial charge in [-0.05, 0) is 40.8 Å². The van der Waals surface area contributed by atoms with Gasteiger partial charge in [0.1, 0.15) is 12.4 Å². The number of benzene rings is 3. The van der Waals surface area contributed by atoms with E-state index in [0.29, 0.717) is 13.0 Å². The van der Waals surface area contributed by atoms with Crippen LogP contribution in [0.25, 0.3) is 6.08 Å². The molecule has 0 unspecified atom stereocenters. The quantitative estimate of drug-likeness (QED) is 0.622. The zero-order chi connectivity index (χ0) is 19.1. The summed E-state index contributed by atoms with van der Waals surface area (Å²) in [5, 5.41) is 10.4. The molecule has 3 heteroatoms. The Hall–Kier alpha value is -2.88. The predicted molar refractivity (Wildman–Crippen MR) is 110 cm³/mol. The summed E-state index contributed by atoms with van der Waals surface area (Å²) < 4.78 is 5.84. The van der Waals surface area contributed by atoms with Crippen LogP contribution in [0.3, 0.4) is 0 Å². The lowest BCUT2D eigenvalue weighted by Crippen LogP contribution is -2.30. The third-order valence-electron chi connectivity index (χ3n) is 4.56. The van der Waals surface area contributed by atoms with Gasteiger partial charge in [-0.1, -0.05) is 79.4 Å². The van der Waals surface area contributed by atoms with Gasteiger partial charge in [0, 0.05) is 6.04 Å². The summed E-state index contributed by atoms with van der Waals surface area (Å²) in [6.45, 7) is 4.27. The Bertz CT molecular complexity index is 842. The Morgan fingerprint density at radius 3 is 2.15 bits per heavy atom. The average molecular weight is 359 g/mol. The van der Waals surface area contributed by atoms with Crippen LogP contribution in [0.5, 0.6) is 5.75 Å². The Kier molecular flexibility index (Phi) is 6.42. The summed E-state index contributed by atoms with van der Waals surface area (Å²) in [5.41, 5.74) is 10.3. The summed E-state index contributed by atoms with van der Waals surface area (Å²) in [6.07, 6.45) is 1.74. The van der Waals surface area contributed by atoms with E-state index in [-0.39, 0.29) is 6.04 Å². The van der Waals surface area contributed by atoms with Crippen molar-refractivity contribution in [2.24, 2.45) is 5.73 Å². The van der Waals surface area contributed by atoms with Crippen LogP contribution in [0.15, 0.2) is 85.4 Å². The molecule has 0 saturated heterocycles. The van der Waals surface area contributed by atoms with E-state index in [2.05, 4.69) is 6.58 Å². The van der Waals surface area contributed by atoms with Crippen molar-refractivity contribution in [3.8, 4) is 5.75 Å². The summed E-state index contributed by atoms with van der Waals surface area (Å²) in [5.74, 6) is 0.809. The molecule has 2 atom stereocenters. The highest BCUT2D eigenvalue weighted by atomic mass is 16.5. The topological polar surface area (TPSA) is 55.5 Å². The van der Waals surface area contributed by atoms with Crippen molar-refractivity contribution in [2.45, 2.75) is 25.2 Å². The molecule has 27 heavy (non-hydrogen) atoms. The summed E-state index contributed by atoms with van der Waals surface area (Å²) in [7, 11) is 0. The summed E-state index contributed by atoms with van der Waals surface area (Å²) in [4.78, 5) is 0. The molecule has 0 spiro atoms. The molecule has 0 aliphatic rings. The predicted octanol–water partition coefficient (Wildman–Crippen LogP) is 4.51. The second-order valence-electron chi connectivity index (χ2n) is 6.60. The molecular formula is C24H25NO2. The molecule has 0 aliphatic carbocycles. The van der Waals surface area contributed by atoms with E-state index in [1.54, 1.807) is 0 Å². The zero-order valence-electron chi connectivity index (χ0n) is 15.3. The van der Waals surface area contributed by atoms with E-state index in [0.717, 1.165) is 28.0 Å². The first-order valence-corrected chi connectivity index (χ1v) is 9.07. The SMILES string of the molecule is C=Cc1ccc(COc2ccc(C[C@H](N)[C@H](O)c3ccccc3)cc2)cc1. The maximum atomic E-state index is 10.4. The molecule has 0 bridgehead atoms. The third-order valence-corrected chi connectivity index (χ3v) is 4.56. The number of hydrogen-bond donors (Lipinski definition) is 2. The molecule has 0 fully saturated rings. The number of hydrogen-bond acceptors (Lipinski definition) is 3. The van der Waals surface area contributed by atoms with Crippen molar-refractivity contribution >= 4 is 6.08 Å². The molecule has 0 saturated carbocycles. The normalized spacial score (nSPS) is 13.0. The monoisotopic (exact) mass is 359 g/mol. The number of ether oxygens (including phenoxy) is 1. The highest BCUT2D eigenvalue weighted by Crippen LogP contribution is 2.20. The average Bonchev–Trinajstić information content (AvgIpc) is 2.73. The van der Waals surface area contributed by atoms with Crippen molar-refractivity contribution in [3.63, 3.8) is 0 Å². The standard InChI is InChI=1S/C24H25NO2/c1-2-18-8-10-20(11-9-18)17-27-22-14-12-19(13-15-22)16-23(25)24(26)21-6-4-3-5-7-21/h2-15,23-24,26H,1,16-17,25H2/t23-,24+/m0/s1. The highest BCUT2D eigenvalue weighted by molar-refractivity contribution is 5.47. The van der Waals surface area contributed by atoms with Crippen LogP contribution in [0.2, 0.25) is 0 Å². The van der Waals surface area contributed by atoms with E-state index in [9.17, 15) is 5.11 Å². The van der Waals surface area contributed by atoms with Crippen molar-refractivity contribution in [3.05, 3.63) is 108 Å². The Morgan fingerprint density at radius 2 is 1.52 bits per heavy atom. The van der Waals surface area contributed by atoms with Crippen LogP contribution < -0.4 is 10.5 Å². The molecular weight excluding hydrogens is 334 g/mol. The van der Waals surface area contributed by atoms with Crippen molar-refractivity contribution in [2.75, 3.05) is 0 Å². The van der Waals surface area contributed by atoms with Gasteiger partial charge in [0.05, 0.1) is 6.10 Å². The van der Waals surface area contributed by atoms with E-state index < -0.39 is 6.10 Å². The van der Waals surface area contributed by atoms with Crippen LogP contribution in [0, 0.1) is 0 Å². The lowest BCUT2D eigenvalue weighted by Gasteiger charge is -2.19. The molecule has 3 N–H and O–H groups in total. The van der Waals surface area contributed by atoms with Gasteiger partial charge >= 0.3 is 0 Å². The Balaban J connectivity index is 1.54. The Morgan fingerprint density at radius 1 is 0.889 bits per heavy atom. The number of aliphatic hydroxyl groups excluding tert-OH is 1. The van der Waals surface area contributed by atoms with Gasteiger partial charge in [-0.3, -0.25) is 0 Å². The maximum Gasteiger partial charge on any atom is 0.119 e. The van der Waals surface area contributed by atoms with Crippen molar-refractivity contribution < 1.29 is 9.84 Å². The zero-order valence-corrected chi connectivity index (χ0v) is 15.3. The minimum Gasteiger partial charge on any atom is -0.489 e. The van der Waals surface area contributed by atoms with Crippen molar-refractivity contribution in [1.82, 2.24) is 0 Å². The molecule has 0 aliphatic heterocycles. The first kappa shape index (κ1) is 18.9. The fraction of sp³-hybridized carbons (Fsp3) is 0.167. The van der Waals surface area contributed by atoms with Gasteiger partial charge in [0.2, 0.25) is 0 Å². The van der Waals surface area contributed by atoms with Crippen LogP contribution in [0.1, 0.15) is 28.4 Å². The van der Waals surface area contributed by atoms with Gasteiger partial charge in [-0.25, -0.2) is 0 Å². The van der Waals surface area contributed by atoms with E-state index >= 15 is 0 Å². The number of rotatable bonds is 8. The van der Waals surface area contributed by atoms with Crippen molar-refractivity contribution in [1.29, 1.82) is 0 Å². The lowest BCUT2D eigenvalue weighted by atomic mass is 9.97. The lowest BCUT2D eigenvalue weighted by molar-refractivity contribution is 0.146. The van der Waals surface area contributed by atoms with Crippen LogP contribution >= 0.6 is 0 Å². The van der Waals surface area contributed by atoms with Gasteiger partial charge in [-0.2, -0.15) is 0 Å². The molecule has 3 aromatic rings. The fourth-order valence-corrected chi connectivity index (χ4v) is 2.92. The molecule has 3 rings (SSSR count). The minimum absolute atomic E-state index is 0.359. The molecule has 0 heterocycles. The molecule has 3 nitrogen and oxygen atoms in total. The van der Waals surface area contributed by atoms with Gasteiger partial charge < -0.3 is 15.6 Å². The smallest absolute Gasteiger partial charge is 0.119 e. The van der Waals surface area contributed by atoms with Gasteiger partial charge in [-0.15, -0.1) is 0 Å².